The Morgan fingerprint density at radius 1 is 0.475 bits per heavy atom. The van der Waals surface area contributed by atoms with Gasteiger partial charge in [-0.05, 0) is 44.4 Å². The molecule has 0 aromatic carbocycles. The highest BCUT2D eigenvalue weighted by Crippen LogP contribution is 2.28. The molecule has 0 radical (unpaired) electrons. The second-order valence-electron chi connectivity index (χ2n) is 13.0. The van der Waals surface area contributed by atoms with Gasteiger partial charge < -0.3 is 5.11 Å². The zero-order valence-electron chi connectivity index (χ0n) is 27.9. The molecule has 2 nitrogen and oxygen atoms in total. The summed E-state index contributed by atoms with van der Waals surface area (Å²) < 4.78 is 0. The zero-order chi connectivity index (χ0) is 29.4. The minimum Gasteiger partial charge on any atom is -0.481 e. The Labute approximate surface area is 253 Å². The van der Waals surface area contributed by atoms with E-state index in [1.165, 1.54) is 173 Å². The standard InChI is InChI=1S/C38H74O2/c1-4-7-10-13-16-18-19-20-21-22-23-25-28-31-34-37(38(39)40)35-36(32-29-26-15-12-9-6-3)33-30-27-24-17-14-11-8-5-2/h20-21,36-37H,4-19,22-35H2,1-3H3,(H,39,40)/b21-20-. The molecule has 2 atom stereocenters. The Morgan fingerprint density at radius 3 is 1.18 bits per heavy atom. The van der Waals surface area contributed by atoms with Crippen molar-refractivity contribution in [3.8, 4) is 0 Å². The number of unbranched alkanes of at least 4 members (excludes halogenated alkanes) is 22. The molecule has 0 fully saturated rings. The van der Waals surface area contributed by atoms with Crippen LogP contribution >= 0.6 is 0 Å². The molecule has 0 aromatic rings. The van der Waals surface area contributed by atoms with Gasteiger partial charge in [0.2, 0.25) is 0 Å². The summed E-state index contributed by atoms with van der Waals surface area (Å²) in [7, 11) is 0. The van der Waals surface area contributed by atoms with Crippen molar-refractivity contribution in [3.63, 3.8) is 0 Å². The smallest absolute Gasteiger partial charge is 0.306 e. The summed E-state index contributed by atoms with van der Waals surface area (Å²) in [6.45, 7) is 6.84. The van der Waals surface area contributed by atoms with E-state index in [-0.39, 0.29) is 5.92 Å². The molecule has 2 heteroatoms. The normalized spacial score (nSPS) is 13.3. The van der Waals surface area contributed by atoms with E-state index in [0.717, 1.165) is 19.3 Å². The van der Waals surface area contributed by atoms with Gasteiger partial charge in [0, 0.05) is 0 Å². The predicted octanol–water partition coefficient (Wildman–Crippen LogP) is 13.6. The summed E-state index contributed by atoms with van der Waals surface area (Å²) in [4.78, 5) is 12.1. The molecule has 0 saturated heterocycles. The molecule has 0 aliphatic heterocycles. The highest BCUT2D eigenvalue weighted by molar-refractivity contribution is 5.69. The lowest BCUT2D eigenvalue weighted by Gasteiger charge is -2.21. The monoisotopic (exact) mass is 563 g/mol. The van der Waals surface area contributed by atoms with Gasteiger partial charge in [-0.3, -0.25) is 4.79 Å². The molecular formula is C38H74O2. The van der Waals surface area contributed by atoms with Crippen LogP contribution in [-0.4, -0.2) is 11.1 Å². The van der Waals surface area contributed by atoms with Gasteiger partial charge in [0.15, 0.2) is 0 Å². The number of carbonyl (C=O) groups is 1. The van der Waals surface area contributed by atoms with Gasteiger partial charge in [0.05, 0.1) is 5.92 Å². The Bertz CT molecular complexity index is 526. The molecule has 0 saturated carbocycles. The zero-order valence-corrected chi connectivity index (χ0v) is 27.9. The second-order valence-corrected chi connectivity index (χ2v) is 13.0. The van der Waals surface area contributed by atoms with Gasteiger partial charge in [-0.25, -0.2) is 0 Å². The van der Waals surface area contributed by atoms with Crippen molar-refractivity contribution in [2.75, 3.05) is 0 Å². The summed E-state index contributed by atoms with van der Waals surface area (Å²) in [5, 5.41) is 10.00. The maximum Gasteiger partial charge on any atom is 0.306 e. The number of carboxylic acid groups (broad SMARTS) is 1. The van der Waals surface area contributed by atoms with E-state index in [0.29, 0.717) is 5.92 Å². The summed E-state index contributed by atoms with van der Waals surface area (Å²) in [6, 6.07) is 0. The van der Waals surface area contributed by atoms with Gasteiger partial charge >= 0.3 is 5.97 Å². The van der Waals surface area contributed by atoms with E-state index in [1.54, 1.807) is 0 Å². The second kappa shape index (κ2) is 32.7. The first-order chi connectivity index (χ1) is 19.7. The molecule has 2 unspecified atom stereocenters. The maximum absolute atomic E-state index is 12.1. The van der Waals surface area contributed by atoms with Crippen LogP contribution in [-0.2, 0) is 4.79 Å². The summed E-state index contributed by atoms with van der Waals surface area (Å²) in [5.74, 6) is -0.0537. The largest absolute Gasteiger partial charge is 0.481 e. The third kappa shape index (κ3) is 28.7. The molecule has 0 aromatic heterocycles. The highest BCUT2D eigenvalue weighted by atomic mass is 16.4. The SMILES string of the molecule is CCCCCCCC/C=C\CCCCCCC(CC(CCCCCCCC)CCCCCCCCCC)C(=O)O. The van der Waals surface area contributed by atoms with Gasteiger partial charge in [-0.15, -0.1) is 0 Å². The van der Waals surface area contributed by atoms with Gasteiger partial charge in [-0.2, -0.15) is 0 Å². The third-order valence-corrected chi connectivity index (χ3v) is 8.96. The Kier molecular flexibility index (Phi) is 32.1. The minimum absolute atomic E-state index is 0.128. The Balaban J connectivity index is 4.21. The van der Waals surface area contributed by atoms with Gasteiger partial charge in [0.25, 0.3) is 0 Å². The van der Waals surface area contributed by atoms with Crippen LogP contribution in [0.3, 0.4) is 0 Å². The van der Waals surface area contributed by atoms with E-state index < -0.39 is 5.97 Å². The van der Waals surface area contributed by atoms with Crippen LogP contribution in [0, 0.1) is 11.8 Å². The lowest BCUT2D eigenvalue weighted by atomic mass is 9.84. The first kappa shape index (κ1) is 39.2. The van der Waals surface area contributed by atoms with E-state index in [4.69, 9.17) is 0 Å². The van der Waals surface area contributed by atoms with Crippen molar-refractivity contribution < 1.29 is 9.90 Å². The Hall–Kier alpha value is -0.790. The van der Waals surface area contributed by atoms with Crippen molar-refractivity contribution in [3.05, 3.63) is 12.2 Å². The van der Waals surface area contributed by atoms with E-state index in [9.17, 15) is 9.90 Å². The molecule has 0 heterocycles. The summed E-state index contributed by atoms with van der Waals surface area (Å²) in [6.07, 6.45) is 43.4. The number of rotatable bonds is 33. The summed E-state index contributed by atoms with van der Waals surface area (Å²) in [5.41, 5.74) is 0. The lowest BCUT2D eigenvalue weighted by Crippen LogP contribution is -2.18. The topological polar surface area (TPSA) is 37.3 Å². The summed E-state index contributed by atoms with van der Waals surface area (Å²) >= 11 is 0. The average Bonchev–Trinajstić information content (AvgIpc) is 2.95. The van der Waals surface area contributed by atoms with Crippen LogP contribution in [0.15, 0.2) is 12.2 Å². The highest BCUT2D eigenvalue weighted by Gasteiger charge is 2.22. The molecule has 0 amide bonds. The number of hydrogen-bond acceptors (Lipinski definition) is 1. The van der Waals surface area contributed by atoms with Crippen LogP contribution in [0.5, 0.6) is 0 Å². The minimum atomic E-state index is -0.540. The molecule has 0 bridgehead atoms. The first-order valence-electron chi connectivity index (χ1n) is 18.5. The van der Waals surface area contributed by atoms with E-state index in [2.05, 4.69) is 32.9 Å². The lowest BCUT2D eigenvalue weighted by molar-refractivity contribution is -0.142. The fraction of sp³-hybridized carbons (Fsp3) is 0.921. The molecule has 1 N–H and O–H groups in total. The Morgan fingerprint density at radius 2 is 0.800 bits per heavy atom. The molecule has 0 aliphatic rings. The maximum atomic E-state index is 12.1. The predicted molar refractivity (Wildman–Crippen MR) is 179 cm³/mol. The van der Waals surface area contributed by atoms with Gasteiger partial charge in [-0.1, -0.05) is 187 Å². The first-order valence-corrected chi connectivity index (χ1v) is 18.5. The van der Waals surface area contributed by atoms with Crippen molar-refractivity contribution in [2.24, 2.45) is 11.8 Å². The van der Waals surface area contributed by atoms with Crippen LogP contribution in [0.25, 0.3) is 0 Å². The third-order valence-electron chi connectivity index (χ3n) is 8.96. The van der Waals surface area contributed by atoms with E-state index in [1.807, 2.05) is 0 Å². The number of hydrogen-bond donors (Lipinski definition) is 1. The van der Waals surface area contributed by atoms with Crippen LogP contribution < -0.4 is 0 Å². The van der Waals surface area contributed by atoms with Crippen molar-refractivity contribution in [1.82, 2.24) is 0 Å². The molecule has 40 heavy (non-hydrogen) atoms. The molecule has 238 valence electrons. The fourth-order valence-electron chi connectivity index (χ4n) is 6.19. The van der Waals surface area contributed by atoms with E-state index >= 15 is 0 Å². The number of allylic oxidation sites excluding steroid dienone is 2. The molecular weight excluding hydrogens is 488 g/mol. The molecule has 0 spiro atoms. The van der Waals surface area contributed by atoms with Crippen LogP contribution in [0.2, 0.25) is 0 Å². The van der Waals surface area contributed by atoms with Gasteiger partial charge in [0.1, 0.15) is 0 Å². The van der Waals surface area contributed by atoms with Crippen LogP contribution in [0.1, 0.15) is 213 Å². The van der Waals surface area contributed by atoms with Crippen molar-refractivity contribution in [1.29, 1.82) is 0 Å². The average molecular weight is 563 g/mol. The number of carboxylic acids is 1. The number of aliphatic carboxylic acids is 1. The van der Waals surface area contributed by atoms with Crippen LogP contribution in [0.4, 0.5) is 0 Å². The molecule has 0 rings (SSSR count). The quantitative estimate of drug-likeness (QED) is 0.0638. The molecule has 0 aliphatic carbocycles. The van der Waals surface area contributed by atoms with Crippen molar-refractivity contribution >= 4 is 5.97 Å². The fourth-order valence-corrected chi connectivity index (χ4v) is 6.19. The van der Waals surface area contributed by atoms with Crippen molar-refractivity contribution in [2.45, 2.75) is 213 Å².